The lowest BCUT2D eigenvalue weighted by Crippen LogP contribution is -2.38. The fraction of sp³-hybridized carbons (Fsp3) is 0.360. The molecule has 0 radical (unpaired) electrons. The third-order valence-corrected chi connectivity index (χ3v) is 6.01. The summed E-state index contributed by atoms with van der Waals surface area (Å²) in [6.07, 6.45) is 3.70. The van der Waals surface area contributed by atoms with E-state index >= 15 is 0 Å². The van der Waals surface area contributed by atoms with Crippen molar-refractivity contribution in [2.24, 2.45) is 5.92 Å². The zero-order chi connectivity index (χ0) is 24.1. The highest BCUT2D eigenvalue weighted by Gasteiger charge is 2.24. The molecular weight excluding hydrogens is 424 g/mol. The van der Waals surface area contributed by atoms with Crippen molar-refractivity contribution in [3.8, 4) is 11.1 Å². The van der Waals surface area contributed by atoms with E-state index in [1.807, 2.05) is 0 Å². The quantitative estimate of drug-likeness (QED) is 0.505. The topological polar surface area (TPSA) is 133 Å². The molecule has 4 N–H and O–H groups in total. The maximum Gasteiger partial charge on any atom is 0.336 e. The summed E-state index contributed by atoms with van der Waals surface area (Å²) < 4.78 is 0. The van der Waals surface area contributed by atoms with Crippen LogP contribution in [-0.2, 0) is 0 Å². The van der Waals surface area contributed by atoms with E-state index in [1.165, 1.54) is 30.3 Å². The molecule has 2 aromatic rings. The van der Waals surface area contributed by atoms with E-state index in [1.54, 1.807) is 13.0 Å². The van der Waals surface area contributed by atoms with Crippen LogP contribution in [0.3, 0.4) is 0 Å². The summed E-state index contributed by atoms with van der Waals surface area (Å²) >= 11 is 0. The predicted molar refractivity (Wildman–Crippen MR) is 123 cm³/mol. The Morgan fingerprint density at radius 2 is 1.33 bits per heavy atom. The van der Waals surface area contributed by atoms with Crippen molar-refractivity contribution in [3.05, 3.63) is 58.7 Å². The summed E-state index contributed by atoms with van der Waals surface area (Å²) in [6, 6.07) is 8.66. The number of carboxylic acid groups (broad SMARTS) is 2. The van der Waals surface area contributed by atoms with Crippen LogP contribution in [0.25, 0.3) is 11.1 Å². The molecule has 2 amide bonds. The van der Waals surface area contributed by atoms with Crippen LogP contribution in [0.4, 0.5) is 0 Å². The van der Waals surface area contributed by atoms with Crippen LogP contribution >= 0.6 is 0 Å². The first-order valence-corrected chi connectivity index (χ1v) is 11.0. The normalized spacial score (nSPS) is 17.8. The third kappa shape index (κ3) is 5.58. The molecule has 8 nitrogen and oxygen atoms in total. The van der Waals surface area contributed by atoms with Crippen molar-refractivity contribution in [1.82, 2.24) is 10.6 Å². The van der Waals surface area contributed by atoms with Gasteiger partial charge in [-0.2, -0.15) is 0 Å². The van der Waals surface area contributed by atoms with Crippen molar-refractivity contribution < 1.29 is 29.4 Å². The largest absolute Gasteiger partial charge is 0.478 e. The van der Waals surface area contributed by atoms with Crippen molar-refractivity contribution >= 4 is 23.8 Å². The second kappa shape index (κ2) is 10.3. The maximum absolute atomic E-state index is 13.0. The lowest BCUT2D eigenvalue weighted by Gasteiger charge is -2.27. The van der Waals surface area contributed by atoms with Gasteiger partial charge in [-0.1, -0.05) is 19.1 Å². The van der Waals surface area contributed by atoms with Gasteiger partial charge in [0.15, 0.2) is 0 Å². The number of carboxylic acids is 2. The van der Waals surface area contributed by atoms with Gasteiger partial charge in [-0.15, -0.1) is 0 Å². The standard InChI is InChI=1S/C25H28N2O6/c1-3-26-22(28)18-10-6-16(13-21(18)25(32)33)15-7-11-19(24(30)31)20(12-15)23(29)27-17-8-4-14(2)5-9-17/h6-7,10-14,17H,3-5,8-9H2,1-2H3,(H,26,28)(H,27,29)(H,30,31)(H,32,33). The average Bonchev–Trinajstić information content (AvgIpc) is 2.79. The van der Waals surface area contributed by atoms with Crippen LogP contribution in [0.15, 0.2) is 36.4 Å². The first kappa shape index (κ1) is 24.0. The molecule has 0 unspecified atom stereocenters. The lowest BCUT2D eigenvalue weighted by atomic mass is 9.87. The Labute approximate surface area is 192 Å². The Kier molecular flexibility index (Phi) is 7.48. The molecule has 0 atom stereocenters. The van der Waals surface area contributed by atoms with E-state index in [-0.39, 0.29) is 28.3 Å². The zero-order valence-corrected chi connectivity index (χ0v) is 18.7. The number of amides is 2. The van der Waals surface area contributed by atoms with Crippen LogP contribution in [0.1, 0.15) is 81.0 Å². The molecule has 1 saturated carbocycles. The van der Waals surface area contributed by atoms with Crippen molar-refractivity contribution in [3.63, 3.8) is 0 Å². The molecule has 33 heavy (non-hydrogen) atoms. The van der Waals surface area contributed by atoms with E-state index in [0.717, 1.165) is 25.7 Å². The second-order valence-electron chi connectivity index (χ2n) is 8.42. The number of hydrogen-bond donors (Lipinski definition) is 4. The summed E-state index contributed by atoms with van der Waals surface area (Å²) in [5, 5.41) is 24.7. The highest BCUT2D eigenvalue weighted by Crippen LogP contribution is 2.27. The van der Waals surface area contributed by atoms with Gasteiger partial charge in [-0.3, -0.25) is 9.59 Å². The Morgan fingerprint density at radius 1 is 0.788 bits per heavy atom. The molecule has 2 aromatic carbocycles. The number of hydrogen-bond acceptors (Lipinski definition) is 4. The lowest BCUT2D eigenvalue weighted by molar-refractivity contribution is 0.0682. The molecule has 174 valence electrons. The molecule has 1 aliphatic carbocycles. The highest BCUT2D eigenvalue weighted by molar-refractivity contribution is 6.07. The Hall–Kier alpha value is -3.68. The van der Waals surface area contributed by atoms with Gasteiger partial charge >= 0.3 is 11.9 Å². The van der Waals surface area contributed by atoms with E-state index in [4.69, 9.17) is 0 Å². The second-order valence-corrected chi connectivity index (χ2v) is 8.42. The molecular formula is C25H28N2O6. The Morgan fingerprint density at radius 3 is 1.88 bits per heavy atom. The molecule has 0 aromatic heterocycles. The number of carbonyl (C=O) groups excluding carboxylic acids is 2. The van der Waals surface area contributed by atoms with Crippen molar-refractivity contribution in [2.75, 3.05) is 6.54 Å². The zero-order valence-electron chi connectivity index (χ0n) is 18.7. The third-order valence-electron chi connectivity index (χ3n) is 6.01. The smallest absolute Gasteiger partial charge is 0.336 e. The number of aromatic carboxylic acids is 2. The minimum atomic E-state index is -1.26. The van der Waals surface area contributed by atoms with Gasteiger partial charge in [0.25, 0.3) is 11.8 Å². The Balaban J connectivity index is 1.96. The molecule has 0 heterocycles. The van der Waals surface area contributed by atoms with Gasteiger partial charge in [0.2, 0.25) is 0 Å². The van der Waals surface area contributed by atoms with Gasteiger partial charge in [0.05, 0.1) is 22.3 Å². The van der Waals surface area contributed by atoms with Crippen molar-refractivity contribution in [1.29, 1.82) is 0 Å². The molecule has 8 heteroatoms. The summed E-state index contributed by atoms with van der Waals surface area (Å²) in [5.74, 6) is -2.83. The number of rotatable bonds is 7. The van der Waals surface area contributed by atoms with Gasteiger partial charge in [0, 0.05) is 12.6 Å². The monoisotopic (exact) mass is 452 g/mol. The molecule has 0 spiro atoms. The van der Waals surface area contributed by atoms with Gasteiger partial charge in [-0.05, 0) is 73.9 Å². The first-order chi connectivity index (χ1) is 15.7. The molecule has 0 aliphatic heterocycles. The summed E-state index contributed by atoms with van der Waals surface area (Å²) in [7, 11) is 0. The molecule has 0 saturated heterocycles. The van der Waals surface area contributed by atoms with Crippen LogP contribution in [0.2, 0.25) is 0 Å². The summed E-state index contributed by atoms with van der Waals surface area (Å²) in [4.78, 5) is 48.7. The minimum absolute atomic E-state index is 0.00558. The average molecular weight is 453 g/mol. The van der Waals surface area contributed by atoms with Crippen molar-refractivity contribution in [2.45, 2.75) is 45.6 Å². The fourth-order valence-electron chi connectivity index (χ4n) is 4.12. The molecule has 1 aliphatic rings. The van der Waals surface area contributed by atoms with Gasteiger partial charge in [-0.25, -0.2) is 9.59 Å². The van der Waals surface area contributed by atoms with E-state index in [0.29, 0.717) is 23.6 Å². The maximum atomic E-state index is 13.0. The predicted octanol–water partition coefficient (Wildman–Crippen LogP) is 3.81. The molecule has 1 fully saturated rings. The van der Waals surface area contributed by atoms with E-state index in [2.05, 4.69) is 17.6 Å². The fourth-order valence-corrected chi connectivity index (χ4v) is 4.12. The number of carbonyl (C=O) groups is 4. The summed E-state index contributed by atoms with van der Waals surface area (Å²) in [5.41, 5.74) is 0.675. The van der Waals surface area contributed by atoms with E-state index < -0.39 is 23.8 Å². The Bertz CT molecular complexity index is 1090. The number of benzene rings is 2. The molecule has 0 bridgehead atoms. The minimum Gasteiger partial charge on any atom is -0.478 e. The van der Waals surface area contributed by atoms with Crippen LogP contribution in [0.5, 0.6) is 0 Å². The highest BCUT2D eigenvalue weighted by atomic mass is 16.4. The van der Waals surface area contributed by atoms with E-state index in [9.17, 15) is 29.4 Å². The molecule has 3 rings (SSSR count). The first-order valence-electron chi connectivity index (χ1n) is 11.0. The van der Waals surface area contributed by atoms with Gasteiger partial charge < -0.3 is 20.8 Å². The SMILES string of the molecule is CCNC(=O)c1ccc(-c2ccc(C(=O)O)c(C(=O)NC3CCC(C)CC3)c2)cc1C(=O)O. The van der Waals surface area contributed by atoms with Gasteiger partial charge in [0.1, 0.15) is 0 Å². The summed E-state index contributed by atoms with van der Waals surface area (Å²) in [6.45, 7) is 4.26. The van der Waals surface area contributed by atoms with Crippen LogP contribution in [0, 0.1) is 5.92 Å². The van der Waals surface area contributed by atoms with Crippen LogP contribution in [-0.4, -0.2) is 46.6 Å². The van der Waals surface area contributed by atoms with Crippen LogP contribution < -0.4 is 10.6 Å². The number of nitrogens with one attached hydrogen (secondary N) is 2.